The van der Waals surface area contributed by atoms with Crippen molar-refractivity contribution in [2.24, 2.45) is 7.05 Å². The Kier molecular flexibility index (Phi) is 5.75. The minimum atomic E-state index is -0.249. The van der Waals surface area contributed by atoms with E-state index in [0.29, 0.717) is 17.1 Å². The van der Waals surface area contributed by atoms with Gasteiger partial charge in [-0.3, -0.25) is 9.48 Å². The van der Waals surface area contributed by atoms with Crippen LogP contribution in [-0.2, 0) is 7.05 Å². The van der Waals surface area contributed by atoms with Crippen LogP contribution in [0.3, 0.4) is 0 Å². The molecule has 0 bridgehead atoms. The molecule has 2 aromatic heterocycles. The van der Waals surface area contributed by atoms with Gasteiger partial charge in [0.2, 0.25) is 0 Å². The molecule has 33 heavy (non-hydrogen) atoms. The van der Waals surface area contributed by atoms with Gasteiger partial charge in [-0.2, -0.15) is 5.10 Å². The average Bonchev–Trinajstić information content (AvgIpc) is 3.26. The van der Waals surface area contributed by atoms with E-state index < -0.39 is 0 Å². The Balaban J connectivity index is 1.31. The Hall–Kier alpha value is -3.78. The van der Waals surface area contributed by atoms with E-state index in [2.05, 4.69) is 32.6 Å². The highest BCUT2D eigenvalue weighted by Gasteiger charge is 2.18. The van der Waals surface area contributed by atoms with Crippen LogP contribution in [0.4, 0.5) is 5.82 Å². The Morgan fingerprint density at radius 2 is 1.88 bits per heavy atom. The first kappa shape index (κ1) is 21.1. The van der Waals surface area contributed by atoms with Crippen LogP contribution in [0.15, 0.2) is 60.9 Å². The standard InChI is InChI=1S/C25H26N6O2/c1-30-10-8-21(9-11-30)33-22-5-3-4-18(13-22)25(32)27-24-14-19-12-17(6-7-23(19)28-29-24)20-15-26-31(2)16-20/h3-7,12-16,21H,8-11H2,1-2H3,(H,27,29,32). The first-order valence-electron chi connectivity index (χ1n) is 11.1. The Labute approximate surface area is 192 Å². The predicted molar refractivity (Wildman–Crippen MR) is 127 cm³/mol. The number of ether oxygens (including phenoxy) is 1. The summed E-state index contributed by atoms with van der Waals surface area (Å²) in [7, 11) is 4.01. The molecule has 0 spiro atoms. The number of piperidine rings is 1. The summed E-state index contributed by atoms with van der Waals surface area (Å²) in [6.45, 7) is 2.04. The lowest BCUT2D eigenvalue weighted by atomic mass is 10.1. The van der Waals surface area contributed by atoms with Crippen LogP contribution < -0.4 is 10.1 Å². The van der Waals surface area contributed by atoms with Crippen LogP contribution >= 0.6 is 0 Å². The molecular weight excluding hydrogens is 416 g/mol. The van der Waals surface area contributed by atoms with Gasteiger partial charge in [0.15, 0.2) is 5.82 Å². The van der Waals surface area contributed by atoms with E-state index in [-0.39, 0.29) is 12.0 Å². The second-order valence-corrected chi connectivity index (χ2v) is 8.51. The topological polar surface area (TPSA) is 85.2 Å². The molecule has 0 atom stereocenters. The van der Waals surface area contributed by atoms with Crippen molar-refractivity contribution >= 4 is 22.6 Å². The summed E-state index contributed by atoms with van der Waals surface area (Å²) in [5.41, 5.74) is 3.32. The number of carbonyl (C=O) groups excluding carboxylic acids is 1. The molecule has 0 aliphatic carbocycles. The van der Waals surface area contributed by atoms with E-state index in [1.54, 1.807) is 16.8 Å². The molecule has 5 rings (SSSR count). The highest BCUT2D eigenvalue weighted by molar-refractivity contribution is 6.04. The van der Waals surface area contributed by atoms with Gasteiger partial charge < -0.3 is 15.0 Å². The molecule has 1 N–H and O–H groups in total. The van der Waals surface area contributed by atoms with Crippen LogP contribution in [0.2, 0.25) is 0 Å². The third-order valence-electron chi connectivity index (χ3n) is 5.93. The van der Waals surface area contributed by atoms with Gasteiger partial charge in [-0.15, -0.1) is 10.2 Å². The molecular formula is C25H26N6O2. The lowest BCUT2D eigenvalue weighted by Crippen LogP contribution is -2.35. The highest BCUT2D eigenvalue weighted by Crippen LogP contribution is 2.25. The summed E-state index contributed by atoms with van der Waals surface area (Å²) in [4.78, 5) is 15.2. The molecule has 3 heterocycles. The number of amides is 1. The molecule has 1 fully saturated rings. The maximum Gasteiger partial charge on any atom is 0.256 e. The van der Waals surface area contributed by atoms with Crippen molar-refractivity contribution in [1.29, 1.82) is 0 Å². The lowest BCUT2D eigenvalue weighted by molar-refractivity contribution is 0.102. The van der Waals surface area contributed by atoms with E-state index in [0.717, 1.165) is 48.0 Å². The van der Waals surface area contributed by atoms with Gasteiger partial charge in [0.05, 0.1) is 11.7 Å². The van der Waals surface area contributed by atoms with Crippen LogP contribution in [-0.4, -0.2) is 57.0 Å². The van der Waals surface area contributed by atoms with E-state index >= 15 is 0 Å². The number of fused-ring (bicyclic) bond motifs is 1. The normalized spacial score (nSPS) is 15.0. The van der Waals surface area contributed by atoms with Gasteiger partial charge in [-0.1, -0.05) is 12.1 Å². The number of anilines is 1. The van der Waals surface area contributed by atoms with Crippen molar-refractivity contribution in [3.8, 4) is 16.9 Å². The summed E-state index contributed by atoms with van der Waals surface area (Å²) in [6.07, 6.45) is 5.93. The minimum absolute atomic E-state index is 0.180. The van der Waals surface area contributed by atoms with Crippen molar-refractivity contribution in [2.45, 2.75) is 18.9 Å². The number of aromatic nitrogens is 4. The molecule has 2 aromatic carbocycles. The smallest absolute Gasteiger partial charge is 0.256 e. The molecule has 1 saturated heterocycles. The van der Waals surface area contributed by atoms with E-state index in [1.165, 1.54) is 0 Å². The van der Waals surface area contributed by atoms with Gasteiger partial charge in [-0.05, 0) is 61.9 Å². The molecule has 1 aliphatic heterocycles. The van der Waals surface area contributed by atoms with Gasteiger partial charge >= 0.3 is 0 Å². The summed E-state index contributed by atoms with van der Waals surface area (Å²) < 4.78 is 7.88. The van der Waals surface area contributed by atoms with Gasteiger partial charge in [-0.25, -0.2) is 0 Å². The molecule has 4 aromatic rings. The molecule has 0 radical (unpaired) electrons. The number of hydrogen-bond donors (Lipinski definition) is 1. The zero-order chi connectivity index (χ0) is 22.8. The second kappa shape index (κ2) is 8.99. The lowest BCUT2D eigenvalue weighted by Gasteiger charge is -2.29. The molecule has 1 aliphatic rings. The fourth-order valence-corrected chi connectivity index (χ4v) is 4.05. The zero-order valence-corrected chi connectivity index (χ0v) is 18.7. The fraction of sp³-hybridized carbons (Fsp3) is 0.280. The summed E-state index contributed by atoms with van der Waals surface area (Å²) >= 11 is 0. The molecule has 8 heteroatoms. The molecule has 0 saturated carbocycles. The maximum atomic E-state index is 12.9. The van der Waals surface area contributed by atoms with Crippen LogP contribution in [0.1, 0.15) is 23.2 Å². The first-order chi connectivity index (χ1) is 16.0. The number of likely N-dealkylation sites (tertiary alicyclic amines) is 1. The van der Waals surface area contributed by atoms with Crippen molar-refractivity contribution in [3.63, 3.8) is 0 Å². The van der Waals surface area contributed by atoms with Crippen molar-refractivity contribution in [1.82, 2.24) is 24.9 Å². The SMILES string of the molecule is CN1CCC(Oc2cccc(C(=O)Nc3cc4cc(-c5cnn(C)c5)ccc4nn3)c2)CC1. The fourth-order valence-electron chi connectivity index (χ4n) is 4.05. The minimum Gasteiger partial charge on any atom is -0.490 e. The summed E-state index contributed by atoms with van der Waals surface area (Å²) in [6, 6.07) is 15.0. The Morgan fingerprint density at radius 3 is 2.67 bits per heavy atom. The maximum absolute atomic E-state index is 12.9. The zero-order valence-electron chi connectivity index (χ0n) is 18.7. The number of rotatable bonds is 5. The number of nitrogens with zero attached hydrogens (tertiary/aromatic N) is 5. The van der Waals surface area contributed by atoms with Crippen molar-refractivity contribution in [3.05, 3.63) is 66.5 Å². The first-order valence-corrected chi connectivity index (χ1v) is 11.1. The van der Waals surface area contributed by atoms with E-state index in [4.69, 9.17) is 4.74 Å². The monoisotopic (exact) mass is 442 g/mol. The third-order valence-corrected chi connectivity index (χ3v) is 5.93. The Morgan fingerprint density at radius 1 is 1.03 bits per heavy atom. The summed E-state index contributed by atoms with van der Waals surface area (Å²) in [5.74, 6) is 0.862. The molecule has 1 amide bonds. The largest absolute Gasteiger partial charge is 0.490 e. The predicted octanol–water partition coefficient (Wildman–Crippen LogP) is 3.76. The molecule has 8 nitrogen and oxygen atoms in total. The van der Waals surface area contributed by atoms with Gasteiger partial charge in [0, 0.05) is 42.8 Å². The number of carbonyl (C=O) groups is 1. The second-order valence-electron chi connectivity index (χ2n) is 8.51. The Bertz CT molecular complexity index is 1290. The van der Waals surface area contributed by atoms with E-state index in [1.807, 2.05) is 55.8 Å². The van der Waals surface area contributed by atoms with Crippen molar-refractivity contribution in [2.75, 3.05) is 25.5 Å². The number of hydrogen-bond acceptors (Lipinski definition) is 6. The average molecular weight is 443 g/mol. The molecule has 0 unspecified atom stereocenters. The van der Waals surface area contributed by atoms with Crippen LogP contribution in [0.5, 0.6) is 5.75 Å². The highest BCUT2D eigenvalue weighted by atomic mass is 16.5. The van der Waals surface area contributed by atoms with E-state index in [9.17, 15) is 4.79 Å². The quantitative estimate of drug-likeness (QED) is 0.507. The van der Waals surface area contributed by atoms with Crippen LogP contribution in [0, 0.1) is 0 Å². The molecule has 168 valence electrons. The number of benzene rings is 2. The number of aryl methyl sites for hydroxylation is 1. The number of nitrogens with one attached hydrogen (secondary N) is 1. The summed E-state index contributed by atoms with van der Waals surface area (Å²) in [5, 5.41) is 16.4. The third kappa shape index (κ3) is 4.85. The van der Waals surface area contributed by atoms with Crippen LogP contribution in [0.25, 0.3) is 22.0 Å². The van der Waals surface area contributed by atoms with Gasteiger partial charge in [0.1, 0.15) is 11.9 Å². The van der Waals surface area contributed by atoms with Crippen molar-refractivity contribution < 1.29 is 9.53 Å². The van der Waals surface area contributed by atoms with Gasteiger partial charge in [0.25, 0.3) is 5.91 Å².